The highest BCUT2D eigenvalue weighted by Gasteiger charge is 2.19. The molecule has 0 radical (unpaired) electrons. The van der Waals surface area contributed by atoms with Gasteiger partial charge >= 0.3 is 5.97 Å². The molecule has 1 aromatic heterocycles. The Morgan fingerprint density at radius 1 is 0.971 bits per heavy atom. The quantitative estimate of drug-likeness (QED) is 0.249. The number of unbranched alkanes of at least 4 members (excludes halogenated alkanes) is 3. The van der Waals surface area contributed by atoms with Crippen LogP contribution in [0.2, 0.25) is 0 Å². The first-order valence-electron chi connectivity index (χ1n) is 10.9. The number of halogens is 1. The average Bonchev–Trinajstić information content (AvgIpc) is 2.85. The molecule has 0 saturated carbocycles. The molecule has 0 bridgehead atoms. The summed E-state index contributed by atoms with van der Waals surface area (Å²) in [5.41, 5.74) is 4.47. The third kappa shape index (κ3) is 6.50. The second-order valence-corrected chi connectivity index (χ2v) is 8.48. The lowest BCUT2D eigenvalue weighted by atomic mass is 10.1. The lowest BCUT2D eigenvalue weighted by molar-refractivity contribution is -0.125. The van der Waals surface area contributed by atoms with E-state index in [4.69, 9.17) is 4.74 Å². The van der Waals surface area contributed by atoms with Crippen LogP contribution >= 0.6 is 15.9 Å². The normalized spacial score (nSPS) is 10.6. The van der Waals surface area contributed by atoms with Crippen LogP contribution in [0.3, 0.4) is 0 Å². The third-order valence-electron chi connectivity index (χ3n) is 5.04. The molecular weight excluding hydrogens is 504 g/mol. The van der Waals surface area contributed by atoms with Crippen LogP contribution in [0, 0.1) is 0 Å². The maximum atomic E-state index is 12.8. The van der Waals surface area contributed by atoms with Gasteiger partial charge in [0.25, 0.3) is 17.4 Å². The third-order valence-corrected chi connectivity index (χ3v) is 5.57. The van der Waals surface area contributed by atoms with Gasteiger partial charge in [-0.05, 0) is 36.8 Å². The maximum Gasteiger partial charge on any atom is 0.359 e. The summed E-state index contributed by atoms with van der Waals surface area (Å²) < 4.78 is 7.19. The number of ether oxygens (including phenoxy) is 1. The van der Waals surface area contributed by atoms with E-state index in [0.29, 0.717) is 22.9 Å². The summed E-state index contributed by atoms with van der Waals surface area (Å²) in [6.07, 6.45) is 3.81. The lowest BCUT2D eigenvalue weighted by Crippen LogP contribution is -2.43. The van der Waals surface area contributed by atoms with E-state index in [1.54, 1.807) is 48.5 Å². The summed E-state index contributed by atoms with van der Waals surface area (Å²) in [7, 11) is 0. The molecular formula is C24H25BrN4O5. The van der Waals surface area contributed by atoms with Gasteiger partial charge < -0.3 is 4.74 Å². The van der Waals surface area contributed by atoms with Gasteiger partial charge in [-0.2, -0.15) is 5.10 Å². The highest BCUT2D eigenvalue weighted by atomic mass is 79.9. The van der Waals surface area contributed by atoms with Crippen molar-refractivity contribution in [2.45, 2.75) is 39.2 Å². The number of amides is 2. The van der Waals surface area contributed by atoms with Crippen molar-refractivity contribution in [2.24, 2.45) is 0 Å². The van der Waals surface area contributed by atoms with Gasteiger partial charge in [0.05, 0.1) is 5.39 Å². The lowest BCUT2D eigenvalue weighted by Gasteiger charge is -2.11. The number of rotatable bonds is 9. The van der Waals surface area contributed by atoms with Gasteiger partial charge in [-0.1, -0.05) is 60.3 Å². The van der Waals surface area contributed by atoms with Crippen LogP contribution in [0.1, 0.15) is 53.5 Å². The number of benzene rings is 2. The van der Waals surface area contributed by atoms with Crippen molar-refractivity contribution in [3.8, 4) is 0 Å². The molecule has 0 saturated heterocycles. The molecule has 2 N–H and O–H groups in total. The van der Waals surface area contributed by atoms with E-state index >= 15 is 0 Å². The highest BCUT2D eigenvalue weighted by molar-refractivity contribution is 9.10. The van der Waals surface area contributed by atoms with E-state index in [2.05, 4.69) is 38.8 Å². The fraction of sp³-hybridized carbons (Fsp3) is 0.292. The summed E-state index contributed by atoms with van der Waals surface area (Å²) >= 11 is 3.28. The van der Waals surface area contributed by atoms with Crippen LogP contribution < -0.4 is 16.4 Å². The second kappa shape index (κ2) is 12.1. The number of nitrogens with zero attached hydrogens (tertiary/aromatic N) is 2. The van der Waals surface area contributed by atoms with Crippen LogP contribution in [-0.4, -0.2) is 34.2 Å². The van der Waals surface area contributed by atoms with Crippen LogP contribution in [-0.2, 0) is 16.1 Å². The minimum atomic E-state index is -0.840. The maximum absolute atomic E-state index is 12.8. The zero-order chi connectivity index (χ0) is 24.5. The number of carbonyl (C=O) groups excluding carboxylic acids is 3. The minimum absolute atomic E-state index is 0.0441. The number of aromatic nitrogens is 2. The van der Waals surface area contributed by atoms with Gasteiger partial charge in [0, 0.05) is 22.0 Å². The molecule has 0 unspecified atom stereocenters. The predicted octanol–water partition coefficient (Wildman–Crippen LogP) is 3.36. The Morgan fingerprint density at radius 2 is 1.68 bits per heavy atom. The first-order chi connectivity index (χ1) is 16.4. The van der Waals surface area contributed by atoms with Gasteiger partial charge in [0.15, 0.2) is 12.3 Å². The topological polar surface area (TPSA) is 119 Å². The van der Waals surface area contributed by atoms with Crippen molar-refractivity contribution in [2.75, 3.05) is 6.61 Å². The van der Waals surface area contributed by atoms with E-state index in [-0.39, 0.29) is 11.3 Å². The van der Waals surface area contributed by atoms with E-state index in [9.17, 15) is 19.2 Å². The van der Waals surface area contributed by atoms with Crippen LogP contribution in [0.25, 0.3) is 10.8 Å². The summed E-state index contributed by atoms with van der Waals surface area (Å²) in [5, 5.41) is 4.93. The van der Waals surface area contributed by atoms with E-state index in [1.165, 1.54) is 4.68 Å². The van der Waals surface area contributed by atoms with E-state index < -0.39 is 24.4 Å². The molecule has 0 spiro atoms. The standard InChI is InChI=1S/C24H25BrN4O5/c1-2-3-4-7-14-29-23(32)19-9-6-5-8-18(19)21(28-29)24(33)34-15-20(30)26-27-22(31)16-10-12-17(25)13-11-16/h5-6,8-13H,2-4,7,14-15H2,1H3,(H,26,30)(H,27,31). The van der Waals surface area contributed by atoms with Crippen LogP contribution in [0.4, 0.5) is 0 Å². The van der Waals surface area contributed by atoms with Crippen molar-refractivity contribution in [1.29, 1.82) is 0 Å². The molecule has 2 aromatic carbocycles. The van der Waals surface area contributed by atoms with Gasteiger partial charge in [-0.3, -0.25) is 25.2 Å². The van der Waals surface area contributed by atoms with Gasteiger partial charge in [-0.25, -0.2) is 9.48 Å². The molecule has 2 amide bonds. The molecule has 0 atom stereocenters. The average molecular weight is 529 g/mol. The Balaban J connectivity index is 1.64. The number of esters is 1. The minimum Gasteiger partial charge on any atom is -0.451 e. The monoisotopic (exact) mass is 528 g/mol. The van der Waals surface area contributed by atoms with Crippen molar-refractivity contribution in [3.63, 3.8) is 0 Å². The summed E-state index contributed by atoms with van der Waals surface area (Å²) in [5.74, 6) is -2.08. The molecule has 178 valence electrons. The zero-order valence-electron chi connectivity index (χ0n) is 18.7. The Morgan fingerprint density at radius 3 is 2.38 bits per heavy atom. The Labute approximate surface area is 204 Å². The summed E-state index contributed by atoms with van der Waals surface area (Å²) in [6.45, 7) is 1.84. The number of nitrogens with one attached hydrogen (secondary N) is 2. The van der Waals surface area contributed by atoms with Gasteiger partial charge in [-0.15, -0.1) is 0 Å². The first kappa shape index (κ1) is 25.1. The van der Waals surface area contributed by atoms with Crippen molar-refractivity contribution >= 4 is 44.5 Å². The smallest absolute Gasteiger partial charge is 0.359 e. The molecule has 34 heavy (non-hydrogen) atoms. The zero-order valence-corrected chi connectivity index (χ0v) is 20.3. The summed E-state index contributed by atoms with van der Waals surface area (Å²) in [6, 6.07) is 13.2. The van der Waals surface area contributed by atoms with Crippen molar-refractivity contribution in [1.82, 2.24) is 20.6 Å². The number of hydrogen-bond acceptors (Lipinski definition) is 6. The number of hydrogen-bond donors (Lipinski definition) is 2. The summed E-state index contributed by atoms with van der Waals surface area (Å²) in [4.78, 5) is 49.6. The van der Waals surface area contributed by atoms with Crippen LogP contribution in [0.5, 0.6) is 0 Å². The number of carbonyl (C=O) groups is 3. The van der Waals surface area contributed by atoms with Crippen molar-refractivity contribution in [3.05, 3.63) is 74.6 Å². The van der Waals surface area contributed by atoms with Crippen LogP contribution in [0.15, 0.2) is 57.8 Å². The molecule has 3 rings (SSSR count). The second-order valence-electron chi connectivity index (χ2n) is 7.57. The van der Waals surface area contributed by atoms with E-state index in [0.717, 1.165) is 30.2 Å². The molecule has 0 fully saturated rings. The van der Waals surface area contributed by atoms with Crippen molar-refractivity contribution < 1.29 is 19.1 Å². The van der Waals surface area contributed by atoms with Gasteiger partial charge in [0.2, 0.25) is 0 Å². The fourth-order valence-electron chi connectivity index (χ4n) is 3.26. The highest BCUT2D eigenvalue weighted by Crippen LogP contribution is 2.15. The van der Waals surface area contributed by atoms with Gasteiger partial charge in [0.1, 0.15) is 0 Å². The SMILES string of the molecule is CCCCCCn1nc(C(=O)OCC(=O)NNC(=O)c2ccc(Br)cc2)c2ccccc2c1=O. The molecule has 1 heterocycles. The molecule has 0 aliphatic rings. The molecule has 0 aliphatic heterocycles. The Hall–Kier alpha value is -3.53. The number of fused-ring (bicyclic) bond motifs is 1. The Bertz CT molecular complexity index is 1240. The largest absolute Gasteiger partial charge is 0.451 e. The predicted molar refractivity (Wildman–Crippen MR) is 130 cm³/mol. The fourth-order valence-corrected chi connectivity index (χ4v) is 3.53. The van der Waals surface area contributed by atoms with E-state index in [1.807, 2.05) is 0 Å². The first-order valence-corrected chi connectivity index (χ1v) is 11.7. The molecule has 9 nitrogen and oxygen atoms in total. The Kier molecular flexibility index (Phi) is 8.92. The number of aryl methyl sites for hydroxylation is 1. The molecule has 3 aromatic rings. The number of hydrazine groups is 1. The molecule has 10 heteroatoms. The molecule has 0 aliphatic carbocycles.